The molecule has 0 aliphatic heterocycles. The van der Waals surface area contributed by atoms with Crippen LogP contribution in [0.5, 0.6) is 0 Å². The van der Waals surface area contributed by atoms with Gasteiger partial charge in [-0.05, 0) is 6.07 Å². The van der Waals surface area contributed by atoms with Crippen LogP contribution in [0.1, 0.15) is 10.5 Å². The number of rotatable bonds is 4. The Labute approximate surface area is 90.4 Å². The van der Waals surface area contributed by atoms with Crippen LogP contribution in [-0.4, -0.2) is 28.2 Å². The third-order valence-electron chi connectivity index (χ3n) is 1.57. The molecule has 0 aromatic carbocycles. The molecule has 0 saturated heterocycles. The molecule has 15 heavy (non-hydrogen) atoms. The van der Waals surface area contributed by atoms with Gasteiger partial charge in [0, 0.05) is 18.5 Å². The van der Waals surface area contributed by atoms with Crippen LogP contribution in [-0.2, 0) is 0 Å². The smallest absolute Gasteiger partial charge is 0.287 e. The van der Waals surface area contributed by atoms with Crippen molar-refractivity contribution in [3.8, 4) is 0 Å². The van der Waals surface area contributed by atoms with E-state index in [1.54, 1.807) is 0 Å². The van der Waals surface area contributed by atoms with E-state index in [2.05, 4.69) is 10.3 Å². The van der Waals surface area contributed by atoms with Crippen LogP contribution < -0.4 is 5.32 Å². The fraction of sp³-hybridized carbons (Fsp3) is 0.250. The van der Waals surface area contributed by atoms with Crippen LogP contribution in [0.3, 0.4) is 0 Å². The summed E-state index contributed by atoms with van der Waals surface area (Å²) in [6.07, 6.45) is 1.04. The maximum Gasteiger partial charge on any atom is 0.287 e. The van der Waals surface area contributed by atoms with Crippen molar-refractivity contribution >= 4 is 23.2 Å². The summed E-state index contributed by atoms with van der Waals surface area (Å²) < 4.78 is 0. The number of aromatic nitrogens is 1. The van der Waals surface area contributed by atoms with Crippen LogP contribution >= 0.6 is 11.6 Å². The van der Waals surface area contributed by atoms with Gasteiger partial charge in [-0.15, -0.1) is 11.6 Å². The number of pyridine rings is 1. The number of nitro groups is 1. The maximum atomic E-state index is 11.3. The summed E-state index contributed by atoms with van der Waals surface area (Å²) in [6, 6.07) is 2.52. The van der Waals surface area contributed by atoms with Crippen molar-refractivity contribution in [1.82, 2.24) is 10.3 Å². The molecule has 6 nitrogen and oxygen atoms in total. The van der Waals surface area contributed by atoms with Gasteiger partial charge in [0.2, 0.25) is 0 Å². The van der Waals surface area contributed by atoms with Gasteiger partial charge in [0.05, 0.1) is 4.92 Å². The fourth-order valence-corrected chi connectivity index (χ4v) is 0.974. The Morgan fingerprint density at radius 1 is 1.60 bits per heavy atom. The van der Waals surface area contributed by atoms with E-state index >= 15 is 0 Å². The van der Waals surface area contributed by atoms with Gasteiger partial charge < -0.3 is 5.32 Å². The van der Waals surface area contributed by atoms with Gasteiger partial charge in [0.25, 0.3) is 11.6 Å². The lowest BCUT2D eigenvalue weighted by atomic mass is 10.3. The molecule has 1 aromatic rings. The van der Waals surface area contributed by atoms with Crippen molar-refractivity contribution in [2.24, 2.45) is 0 Å². The fourth-order valence-electron chi connectivity index (χ4n) is 0.880. The van der Waals surface area contributed by atoms with Crippen molar-refractivity contribution in [1.29, 1.82) is 0 Å². The first-order valence-electron chi connectivity index (χ1n) is 4.09. The molecule has 0 fully saturated rings. The average molecular weight is 230 g/mol. The van der Waals surface area contributed by atoms with Gasteiger partial charge in [-0.25, -0.2) is 4.98 Å². The van der Waals surface area contributed by atoms with Crippen molar-refractivity contribution in [2.75, 3.05) is 12.4 Å². The molecule has 0 saturated carbocycles. The number of nitrogens with zero attached hydrogens (tertiary/aromatic N) is 2. The molecule has 1 aromatic heterocycles. The number of carbonyl (C=O) groups excluding carboxylic acids is 1. The highest BCUT2D eigenvalue weighted by molar-refractivity contribution is 6.18. The molecule has 1 N–H and O–H groups in total. The summed E-state index contributed by atoms with van der Waals surface area (Å²) in [5.74, 6) is -0.0934. The molecular weight excluding hydrogens is 222 g/mol. The lowest BCUT2D eigenvalue weighted by Crippen LogP contribution is -2.26. The minimum absolute atomic E-state index is 0.130. The van der Waals surface area contributed by atoms with Gasteiger partial charge in [0.15, 0.2) is 0 Å². The normalized spacial score (nSPS) is 9.67. The zero-order chi connectivity index (χ0) is 11.3. The van der Waals surface area contributed by atoms with E-state index in [0.29, 0.717) is 12.4 Å². The Hall–Kier alpha value is -1.69. The Morgan fingerprint density at radius 2 is 2.33 bits per heavy atom. The molecule has 1 rings (SSSR count). The van der Waals surface area contributed by atoms with Gasteiger partial charge >= 0.3 is 0 Å². The quantitative estimate of drug-likeness (QED) is 0.473. The van der Waals surface area contributed by atoms with Gasteiger partial charge in [-0.1, -0.05) is 0 Å². The lowest BCUT2D eigenvalue weighted by Gasteiger charge is -2.00. The molecule has 0 spiro atoms. The van der Waals surface area contributed by atoms with E-state index in [0.717, 1.165) is 6.20 Å². The Morgan fingerprint density at radius 3 is 2.80 bits per heavy atom. The first kappa shape index (κ1) is 11.4. The van der Waals surface area contributed by atoms with E-state index in [4.69, 9.17) is 11.6 Å². The Balaban J connectivity index is 2.71. The van der Waals surface area contributed by atoms with E-state index in [1.807, 2.05) is 0 Å². The van der Waals surface area contributed by atoms with E-state index in [9.17, 15) is 14.9 Å². The van der Waals surface area contributed by atoms with Crippen molar-refractivity contribution in [3.05, 3.63) is 34.1 Å². The SMILES string of the molecule is O=C(NCCCl)c1ccc([N+](=O)[O-])cn1. The van der Waals surface area contributed by atoms with Crippen molar-refractivity contribution < 1.29 is 9.72 Å². The highest BCUT2D eigenvalue weighted by atomic mass is 35.5. The number of halogens is 1. The largest absolute Gasteiger partial charge is 0.350 e. The summed E-state index contributed by atoms with van der Waals surface area (Å²) in [6.45, 7) is 0.332. The first-order valence-corrected chi connectivity index (χ1v) is 4.63. The molecule has 0 aliphatic rings. The molecule has 0 atom stereocenters. The van der Waals surface area contributed by atoms with Crippen LogP contribution in [0.2, 0.25) is 0 Å². The van der Waals surface area contributed by atoms with Crippen LogP contribution in [0.4, 0.5) is 5.69 Å². The van der Waals surface area contributed by atoms with E-state index < -0.39 is 10.8 Å². The van der Waals surface area contributed by atoms with Crippen LogP contribution in [0, 0.1) is 10.1 Å². The molecule has 0 radical (unpaired) electrons. The molecule has 80 valence electrons. The predicted octanol–water partition coefficient (Wildman–Crippen LogP) is 0.958. The summed E-state index contributed by atoms with van der Waals surface area (Å²) in [5.41, 5.74) is -0.0189. The predicted molar refractivity (Wildman–Crippen MR) is 53.9 cm³/mol. The second-order valence-electron chi connectivity index (χ2n) is 2.60. The van der Waals surface area contributed by atoms with Crippen LogP contribution in [0.25, 0.3) is 0 Å². The standard InChI is InChI=1S/C8H8ClN3O3/c9-3-4-10-8(13)7-2-1-6(5-11-7)12(14)15/h1-2,5H,3-4H2,(H,10,13). The number of amides is 1. The summed E-state index contributed by atoms with van der Waals surface area (Å²) in [4.78, 5) is 24.7. The van der Waals surface area contributed by atoms with Gasteiger partial charge in [0.1, 0.15) is 11.9 Å². The molecule has 1 heterocycles. The number of alkyl halides is 1. The highest BCUT2D eigenvalue weighted by Crippen LogP contribution is 2.08. The number of hydrogen-bond donors (Lipinski definition) is 1. The van der Waals surface area contributed by atoms with Gasteiger partial charge in [-0.3, -0.25) is 14.9 Å². The van der Waals surface area contributed by atoms with E-state index in [-0.39, 0.29) is 11.4 Å². The zero-order valence-corrected chi connectivity index (χ0v) is 8.40. The summed E-state index contributed by atoms with van der Waals surface area (Å²) >= 11 is 5.38. The Kier molecular flexibility index (Phi) is 3.99. The monoisotopic (exact) mass is 229 g/mol. The third kappa shape index (κ3) is 3.17. The average Bonchev–Trinajstić information content (AvgIpc) is 2.26. The number of nitrogens with one attached hydrogen (secondary N) is 1. The van der Waals surface area contributed by atoms with Gasteiger partial charge in [-0.2, -0.15) is 0 Å². The van der Waals surface area contributed by atoms with Crippen molar-refractivity contribution in [3.63, 3.8) is 0 Å². The maximum absolute atomic E-state index is 11.3. The topological polar surface area (TPSA) is 85.1 Å². The molecule has 0 aliphatic carbocycles. The highest BCUT2D eigenvalue weighted by Gasteiger charge is 2.09. The zero-order valence-electron chi connectivity index (χ0n) is 7.64. The van der Waals surface area contributed by atoms with Crippen LogP contribution in [0.15, 0.2) is 18.3 Å². The number of carbonyl (C=O) groups is 1. The lowest BCUT2D eigenvalue weighted by molar-refractivity contribution is -0.385. The summed E-state index contributed by atoms with van der Waals surface area (Å²) in [5, 5.41) is 12.8. The second-order valence-corrected chi connectivity index (χ2v) is 2.98. The molecule has 0 bridgehead atoms. The summed E-state index contributed by atoms with van der Waals surface area (Å²) in [7, 11) is 0. The minimum Gasteiger partial charge on any atom is -0.350 e. The minimum atomic E-state index is -0.576. The third-order valence-corrected chi connectivity index (χ3v) is 1.76. The second kappa shape index (κ2) is 5.26. The first-order chi connectivity index (χ1) is 7.15. The molecule has 1 amide bonds. The molecule has 7 heteroatoms. The molecular formula is C8H8ClN3O3. The van der Waals surface area contributed by atoms with E-state index in [1.165, 1.54) is 12.1 Å². The number of hydrogen-bond acceptors (Lipinski definition) is 4. The van der Waals surface area contributed by atoms with Crippen molar-refractivity contribution in [2.45, 2.75) is 0 Å². The molecule has 0 unspecified atom stereocenters. The Bertz CT molecular complexity index is 366.